The van der Waals surface area contributed by atoms with Crippen LogP contribution in [0.3, 0.4) is 0 Å². The Labute approximate surface area is 335 Å². The first-order chi connectivity index (χ1) is 25.2. The van der Waals surface area contributed by atoms with E-state index in [2.05, 4.69) is 152 Å². The van der Waals surface area contributed by atoms with Gasteiger partial charge in [-0.2, -0.15) is 0 Å². The van der Waals surface area contributed by atoms with Crippen LogP contribution in [0.15, 0.2) is 93.4 Å². The van der Waals surface area contributed by atoms with Crippen LogP contribution in [0.1, 0.15) is 117 Å². The third-order valence-electron chi connectivity index (χ3n) is 9.57. The molecule has 4 aromatic carbocycles. The van der Waals surface area contributed by atoms with Crippen molar-refractivity contribution in [2.45, 2.75) is 105 Å². The normalized spacial score (nSPS) is 15.4. The van der Waals surface area contributed by atoms with Crippen LogP contribution in [0.2, 0.25) is 0 Å². The van der Waals surface area contributed by atoms with Gasteiger partial charge in [-0.25, -0.2) is 9.97 Å². The summed E-state index contributed by atoms with van der Waals surface area (Å²) < 4.78 is 23.4. The zero-order valence-corrected chi connectivity index (χ0v) is 34.7. The first kappa shape index (κ1) is 39.7. The largest absolute Gasteiger partial charge is 2.00 e. The molecule has 0 unspecified atom stereocenters. The van der Waals surface area contributed by atoms with Crippen molar-refractivity contribution in [1.29, 1.82) is 0 Å². The Bertz CT molecular complexity index is 2270. The Kier molecular flexibility index (Phi) is 10.3. The minimum absolute atomic E-state index is 0. The van der Waals surface area contributed by atoms with Gasteiger partial charge in [-0.15, -0.1) is 0 Å². The molecular weight excluding hydrogens is 736 g/mol. The fourth-order valence-electron chi connectivity index (χ4n) is 6.11. The minimum atomic E-state index is 0. The third kappa shape index (κ3) is 8.79. The van der Waals surface area contributed by atoms with Crippen molar-refractivity contribution >= 4 is 45.7 Å². The van der Waals surface area contributed by atoms with E-state index in [1.165, 1.54) is 22.3 Å². The molecular formula is C46H50CuN4O4. The number of benzene rings is 4. The van der Waals surface area contributed by atoms with Gasteiger partial charge in [-0.1, -0.05) is 131 Å². The van der Waals surface area contributed by atoms with Gasteiger partial charge in [0.05, 0.1) is 0 Å². The van der Waals surface area contributed by atoms with Gasteiger partial charge in [0.25, 0.3) is 0 Å². The Morgan fingerprint density at radius 1 is 0.455 bits per heavy atom. The molecule has 4 heterocycles. The van der Waals surface area contributed by atoms with Crippen LogP contribution < -0.4 is 9.47 Å². The average Bonchev–Trinajstić information content (AvgIpc) is 3.85. The van der Waals surface area contributed by atoms with Gasteiger partial charge in [0.1, 0.15) is 22.5 Å². The first-order valence-corrected chi connectivity index (χ1v) is 18.5. The molecule has 0 aliphatic carbocycles. The summed E-state index contributed by atoms with van der Waals surface area (Å²) >= 11 is 0. The van der Waals surface area contributed by atoms with Crippen molar-refractivity contribution in [1.82, 2.24) is 9.97 Å². The van der Waals surface area contributed by atoms with Gasteiger partial charge in [-0.05, 0) is 80.3 Å². The molecule has 0 saturated carbocycles. The molecule has 9 heteroatoms. The second-order valence-electron chi connectivity index (χ2n) is 18.2. The maximum atomic E-state index is 5.85. The number of aromatic nitrogens is 2. The predicted molar refractivity (Wildman–Crippen MR) is 219 cm³/mol. The van der Waals surface area contributed by atoms with Gasteiger partial charge < -0.3 is 28.9 Å². The second kappa shape index (κ2) is 14.3. The fraction of sp³-hybridized carbons (Fsp3) is 0.348. The van der Waals surface area contributed by atoms with Crippen molar-refractivity contribution in [2.75, 3.05) is 0 Å². The summed E-state index contributed by atoms with van der Waals surface area (Å²) in [4.78, 5) is 9.17. The van der Waals surface area contributed by atoms with Crippen LogP contribution in [0.4, 0.5) is 11.4 Å². The molecule has 0 amide bonds. The quantitative estimate of drug-likeness (QED) is 0.162. The monoisotopic (exact) mass is 785 g/mol. The van der Waals surface area contributed by atoms with Crippen molar-refractivity contribution in [2.24, 2.45) is 0 Å². The van der Waals surface area contributed by atoms with Crippen molar-refractivity contribution in [3.8, 4) is 11.5 Å². The number of nitrogens with zero attached hydrogens (tertiary/aromatic N) is 4. The summed E-state index contributed by atoms with van der Waals surface area (Å²) in [5, 5.41) is 9.17. The van der Waals surface area contributed by atoms with E-state index >= 15 is 0 Å². The number of hydrogen-bond acceptors (Lipinski definition) is 6. The molecule has 2 aromatic heterocycles. The summed E-state index contributed by atoms with van der Waals surface area (Å²) in [6.07, 6.45) is 3.49. The Hall–Kier alpha value is -4.98. The fourth-order valence-corrected chi connectivity index (χ4v) is 6.11. The maximum Gasteiger partial charge on any atom is 2.00 e. The van der Waals surface area contributed by atoms with E-state index < -0.39 is 0 Å². The average molecular weight is 786 g/mol. The molecule has 55 heavy (non-hydrogen) atoms. The molecule has 1 radical (unpaired) electrons. The molecule has 2 aliphatic heterocycles. The topological polar surface area (TPSA) is 98.7 Å². The first-order valence-electron chi connectivity index (χ1n) is 18.5. The summed E-state index contributed by atoms with van der Waals surface area (Å²) in [5.41, 5.74) is 10.1. The van der Waals surface area contributed by atoms with Crippen LogP contribution in [0.25, 0.3) is 45.0 Å². The smallest absolute Gasteiger partial charge is 0.624 e. The SMILES string of the molecule is CC(C)(C)c1ccc2c(c1)[N-]C(=Cc1nc3cc(C(C)(C)C)ccc3o1)O2.CC(C)(C)c1ccc2c(c1)[N-]C(=Cc1nc3cc(C(C)(C)C)ccc3o1)O2.[Cu+2]. The van der Waals surface area contributed by atoms with E-state index in [0.717, 1.165) is 45.1 Å². The van der Waals surface area contributed by atoms with E-state index in [-0.39, 0.29) is 38.7 Å². The van der Waals surface area contributed by atoms with Gasteiger partial charge in [-0.3, -0.25) is 0 Å². The van der Waals surface area contributed by atoms with Crippen molar-refractivity contribution in [3.63, 3.8) is 0 Å². The summed E-state index contributed by atoms with van der Waals surface area (Å²) in [5.74, 6) is 3.52. The van der Waals surface area contributed by atoms with Crippen LogP contribution >= 0.6 is 0 Å². The Morgan fingerprint density at radius 3 is 1.13 bits per heavy atom. The Morgan fingerprint density at radius 2 is 0.782 bits per heavy atom. The minimum Gasteiger partial charge on any atom is -0.624 e. The number of oxazole rings is 2. The van der Waals surface area contributed by atoms with Crippen molar-refractivity contribution < 1.29 is 35.4 Å². The zero-order chi connectivity index (χ0) is 38.8. The van der Waals surface area contributed by atoms with E-state index in [1.54, 1.807) is 12.2 Å². The summed E-state index contributed by atoms with van der Waals surface area (Å²) in [7, 11) is 0. The maximum absolute atomic E-state index is 5.85. The zero-order valence-electron chi connectivity index (χ0n) is 33.8. The molecule has 0 N–H and O–H groups in total. The number of rotatable bonds is 2. The molecule has 0 spiro atoms. The van der Waals surface area contributed by atoms with Gasteiger partial charge in [0.2, 0.25) is 11.8 Å². The second-order valence-corrected chi connectivity index (χ2v) is 18.2. The molecule has 6 aromatic rings. The van der Waals surface area contributed by atoms with E-state index in [1.807, 2.05) is 24.3 Å². The van der Waals surface area contributed by atoms with Crippen LogP contribution in [0, 0.1) is 0 Å². The van der Waals surface area contributed by atoms with Crippen LogP contribution in [-0.4, -0.2) is 9.97 Å². The number of ether oxygens (including phenoxy) is 2. The van der Waals surface area contributed by atoms with Crippen LogP contribution in [-0.2, 0) is 38.7 Å². The molecule has 0 fully saturated rings. The standard InChI is InChI=1S/2C23H25N2O2.Cu/c2*1-22(2,3)14-7-9-18-16(11-14)24-20(26-18)13-21-25-17-12-15(23(4,5)6)8-10-19(17)27-21;/h2*7-13H,1-6H3;/q2*-1;+2. The van der Waals surface area contributed by atoms with E-state index in [0.29, 0.717) is 23.5 Å². The predicted octanol–water partition coefficient (Wildman–Crippen LogP) is 13.6. The number of hydrogen-bond donors (Lipinski definition) is 0. The molecule has 0 saturated heterocycles. The van der Waals surface area contributed by atoms with Gasteiger partial charge in [0, 0.05) is 23.9 Å². The van der Waals surface area contributed by atoms with E-state index in [4.69, 9.17) is 18.3 Å². The van der Waals surface area contributed by atoms with Gasteiger partial charge in [0.15, 0.2) is 11.2 Å². The van der Waals surface area contributed by atoms with E-state index in [9.17, 15) is 0 Å². The molecule has 289 valence electrons. The van der Waals surface area contributed by atoms with Crippen molar-refractivity contribution in [3.05, 3.63) is 129 Å². The molecule has 0 atom stereocenters. The van der Waals surface area contributed by atoms with Crippen LogP contribution in [0.5, 0.6) is 11.5 Å². The summed E-state index contributed by atoms with van der Waals surface area (Å²) in [6, 6.07) is 24.6. The molecule has 8 nitrogen and oxygen atoms in total. The molecule has 0 bridgehead atoms. The Balaban J connectivity index is 0.000000184. The van der Waals surface area contributed by atoms with Gasteiger partial charge >= 0.3 is 17.1 Å². The number of fused-ring (bicyclic) bond motifs is 4. The summed E-state index contributed by atoms with van der Waals surface area (Å²) in [6.45, 7) is 26.2. The molecule has 8 rings (SSSR count). The third-order valence-corrected chi connectivity index (χ3v) is 9.57. The molecule has 2 aliphatic rings.